The summed E-state index contributed by atoms with van der Waals surface area (Å²) in [5.41, 5.74) is 1.01. The molecule has 0 saturated carbocycles. The first-order chi connectivity index (χ1) is 5.96. The predicted molar refractivity (Wildman–Crippen MR) is 53.4 cm³/mol. The summed E-state index contributed by atoms with van der Waals surface area (Å²) in [5, 5.41) is 9.53. The SMILES string of the molecule is COc1c(O)cccc1C(C)(C)C. The van der Waals surface area contributed by atoms with E-state index in [1.54, 1.807) is 13.2 Å². The van der Waals surface area contributed by atoms with Crippen molar-refractivity contribution in [3.63, 3.8) is 0 Å². The average Bonchev–Trinajstić information content (AvgIpc) is 2.02. The van der Waals surface area contributed by atoms with Gasteiger partial charge in [0.25, 0.3) is 0 Å². The van der Waals surface area contributed by atoms with Crippen LogP contribution in [0.2, 0.25) is 0 Å². The van der Waals surface area contributed by atoms with Crippen molar-refractivity contribution >= 4 is 0 Å². The zero-order chi connectivity index (χ0) is 10.1. The highest BCUT2D eigenvalue weighted by molar-refractivity contribution is 5.48. The van der Waals surface area contributed by atoms with Gasteiger partial charge in [-0.1, -0.05) is 32.9 Å². The topological polar surface area (TPSA) is 29.5 Å². The third-order valence-electron chi connectivity index (χ3n) is 2.01. The van der Waals surface area contributed by atoms with Crippen molar-refractivity contribution in [3.05, 3.63) is 23.8 Å². The molecule has 0 spiro atoms. The molecule has 1 rings (SSSR count). The summed E-state index contributed by atoms with van der Waals surface area (Å²) in [6.07, 6.45) is 0. The van der Waals surface area contributed by atoms with Crippen LogP contribution in [0.5, 0.6) is 11.5 Å². The van der Waals surface area contributed by atoms with E-state index in [0.29, 0.717) is 5.75 Å². The molecule has 0 radical (unpaired) electrons. The van der Waals surface area contributed by atoms with E-state index >= 15 is 0 Å². The molecule has 0 aliphatic rings. The molecule has 0 aliphatic carbocycles. The smallest absolute Gasteiger partial charge is 0.164 e. The Labute approximate surface area is 79.2 Å². The monoisotopic (exact) mass is 180 g/mol. The van der Waals surface area contributed by atoms with Crippen LogP contribution in [-0.2, 0) is 5.41 Å². The first-order valence-corrected chi connectivity index (χ1v) is 4.33. The minimum atomic E-state index is -0.00984. The van der Waals surface area contributed by atoms with E-state index in [4.69, 9.17) is 4.74 Å². The van der Waals surface area contributed by atoms with Crippen molar-refractivity contribution in [1.82, 2.24) is 0 Å². The van der Waals surface area contributed by atoms with Crippen molar-refractivity contribution in [2.24, 2.45) is 0 Å². The lowest BCUT2D eigenvalue weighted by molar-refractivity contribution is 0.360. The molecule has 0 atom stereocenters. The van der Waals surface area contributed by atoms with Crippen LogP contribution in [0.15, 0.2) is 18.2 Å². The fraction of sp³-hybridized carbons (Fsp3) is 0.455. The Hall–Kier alpha value is -1.18. The third kappa shape index (κ3) is 1.94. The van der Waals surface area contributed by atoms with E-state index in [1.807, 2.05) is 12.1 Å². The normalized spacial score (nSPS) is 11.4. The van der Waals surface area contributed by atoms with E-state index in [9.17, 15) is 5.11 Å². The number of benzene rings is 1. The van der Waals surface area contributed by atoms with E-state index in [1.165, 1.54) is 0 Å². The lowest BCUT2D eigenvalue weighted by atomic mass is 9.86. The molecule has 0 aromatic heterocycles. The number of hydrogen-bond donors (Lipinski definition) is 1. The fourth-order valence-electron chi connectivity index (χ4n) is 1.33. The largest absolute Gasteiger partial charge is 0.504 e. The van der Waals surface area contributed by atoms with E-state index in [0.717, 1.165) is 5.56 Å². The van der Waals surface area contributed by atoms with Crippen molar-refractivity contribution in [2.45, 2.75) is 26.2 Å². The summed E-state index contributed by atoms with van der Waals surface area (Å²) in [5.74, 6) is 0.782. The third-order valence-corrected chi connectivity index (χ3v) is 2.01. The lowest BCUT2D eigenvalue weighted by Crippen LogP contribution is -2.12. The van der Waals surface area contributed by atoms with Gasteiger partial charge in [0.1, 0.15) is 0 Å². The highest BCUT2D eigenvalue weighted by Crippen LogP contribution is 2.37. The van der Waals surface area contributed by atoms with Crippen LogP contribution < -0.4 is 4.74 Å². The molecule has 0 heterocycles. The Balaban J connectivity index is 3.29. The van der Waals surface area contributed by atoms with Crippen LogP contribution in [0.3, 0.4) is 0 Å². The molecule has 0 fully saturated rings. The summed E-state index contributed by atoms with van der Waals surface area (Å²) in [6.45, 7) is 6.26. The van der Waals surface area contributed by atoms with Gasteiger partial charge in [0.2, 0.25) is 0 Å². The Morgan fingerprint density at radius 2 is 1.85 bits per heavy atom. The van der Waals surface area contributed by atoms with Crippen LogP contribution in [0.4, 0.5) is 0 Å². The molecule has 1 aromatic rings. The molecule has 0 aliphatic heterocycles. The van der Waals surface area contributed by atoms with Crippen LogP contribution in [0.25, 0.3) is 0 Å². The molecule has 1 aromatic carbocycles. The van der Waals surface area contributed by atoms with Gasteiger partial charge in [0.05, 0.1) is 7.11 Å². The maximum Gasteiger partial charge on any atom is 0.164 e. The van der Waals surface area contributed by atoms with Gasteiger partial charge in [-0.15, -0.1) is 0 Å². The minimum Gasteiger partial charge on any atom is -0.504 e. The summed E-state index contributed by atoms with van der Waals surface area (Å²) in [6, 6.07) is 5.44. The quantitative estimate of drug-likeness (QED) is 0.720. The van der Waals surface area contributed by atoms with Gasteiger partial charge in [-0.25, -0.2) is 0 Å². The van der Waals surface area contributed by atoms with Crippen LogP contribution in [-0.4, -0.2) is 12.2 Å². The van der Waals surface area contributed by atoms with E-state index in [2.05, 4.69) is 20.8 Å². The summed E-state index contributed by atoms with van der Waals surface area (Å²) in [4.78, 5) is 0. The maximum absolute atomic E-state index is 9.53. The zero-order valence-corrected chi connectivity index (χ0v) is 8.59. The van der Waals surface area contributed by atoms with Gasteiger partial charge in [0, 0.05) is 5.56 Å². The zero-order valence-electron chi connectivity index (χ0n) is 8.59. The van der Waals surface area contributed by atoms with E-state index < -0.39 is 0 Å². The highest BCUT2D eigenvalue weighted by atomic mass is 16.5. The standard InChI is InChI=1S/C11H16O2/c1-11(2,3)8-6-5-7-9(12)10(8)13-4/h5-7,12H,1-4H3. The number of methoxy groups -OCH3 is 1. The first-order valence-electron chi connectivity index (χ1n) is 4.33. The lowest BCUT2D eigenvalue weighted by Gasteiger charge is -2.22. The first kappa shape index (κ1) is 9.90. The second kappa shape index (κ2) is 3.29. The van der Waals surface area contributed by atoms with Crippen LogP contribution >= 0.6 is 0 Å². The van der Waals surface area contributed by atoms with Gasteiger partial charge >= 0.3 is 0 Å². The molecule has 13 heavy (non-hydrogen) atoms. The highest BCUT2D eigenvalue weighted by Gasteiger charge is 2.20. The van der Waals surface area contributed by atoms with Crippen molar-refractivity contribution in [2.75, 3.05) is 7.11 Å². The maximum atomic E-state index is 9.53. The molecular weight excluding hydrogens is 164 g/mol. The van der Waals surface area contributed by atoms with Gasteiger partial charge in [0.15, 0.2) is 11.5 Å². The number of phenolic OH excluding ortho intramolecular Hbond substituents is 1. The van der Waals surface area contributed by atoms with Crippen molar-refractivity contribution in [3.8, 4) is 11.5 Å². The van der Waals surface area contributed by atoms with Gasteiger partial charge in [-0.05, 0) is 11.5 Å². The number of hydrogen-bond acceptors (Lipinski definition) is 2. The Morgan fingerprint density at radius 1 is 1.23 bits per heavy atom. The number of para-hydroxylation sites is 1. The van der Waals surface area contributed by atoms with Gasteiger partial charge in [-0.2, -0.15) is 0 Å². The van der Waals surface area contributed by atoms with Crippen LogP contribution in [0, 0.1) is 0 Å². The number of phenols is 1. The van der Waals surface area contributed by atoms with Crippen molar-refractivity contribution < 1.29 is 9.84 Å². The molecule has 1 N–H and O–H groups in total. The van der Waals surface area contributed by atoms with Crippen molar-refractivity contribution in [1.29, 1.82) is 0 Å². The average molecular weight is 180 g/mol. The minimum absolute atomic E-state index is 0.00984. The summed E-state index contributed by atoms with van der Waals surface area (Å²) >= 11 is 0. The molecule has 0 amide bonds. The van der Waals surface area contributed by atoms with E-state index in [-0.39, 0.29) is 11.2 Å². The molecule has 0 bridgehead atoms. The molecule has 0 saturated heterocycles. The second-order valence-electron chi connectivity index (χ2n) is 4.11. The molecular formula is C11H16O2. The van der Waals surface area contributed by atoms with Gasteiger partial charge in [-0.3, -0.25) is 0 Å². The Morgan fingerprint density at radius 3 is 2.23 bits per heavy atom. The number of ether oxygens (including phenoxy) is 1. The molecule has 72 valence electrons. The summed E-state index contributed by atoms with van der Waals surface area (Å²) < 4.78 is 5.15. The molecule has 2 nitrogen and oxygen atoms in total. The Bertz CT molecular complexity index is 297. The second-order valence-corrected chi connectivity index (χ2v) is 4.11. The molecule has 2 heteroatoms. The van der Waals surface area contributed by atoms with Gasteiger partial charge < -0.3 is 9.84 Å². The number of rotatable bonds is 1. The summed E-state index contributed by atoms with van der Waals surface area (Å²) in [7, 11) is 1.57. The predicted octanol–water partition coefficient (Wildman–Crippen LogP) is 2.70. The molecule has 0 unspecified atom stereocenters. The Kier molecular flexibility index (Phi) is 2.50. The fourth-order valence-corrected chi connectivity index (χ4v) is 1.33. The number of aromatic hydroxyl groups is 1. The van der Waals surface area contributed by atoms with Crippen LogP contribution in [0.1, 0.15) is 26.3 Å².